The van der Waals surface area contributed by atoms with Crippen molar-refractivity contribution in [1.82, 2.24) is 25.3 Å². The van der Waals surface area contributed by atoms with Crippen LogP contribution in [0.4, 0.5) is 14.9 Å². The van der Waals surface area contributed by atoms with Gasteiger partial charge in [-0.05, 0) is 87.5 Å². The van der Waals surface area contributed by atoms with Crippen LogP contribution in [-0.2, 0) is 18.3 Å². The predicted octanol–water partition coefficient (Wildman–Crippen LogP) is 4.46. The summed E-state index contributed by atoms with van der Waals surface area (Å²) in [5.74, 6) is 0.0534. The number of hydrogen-bond acceptors (Lipinski definition) is 4. The minimum atomic E-state index is -0.224. The van der Waals surface area contributed by atoms with Crippen LogP contribution in [0, 0.1) is 11.7 Å². The van der Waals surface area contributed by atoms with Gasteiger partial charge in [0.2, 0.25) is 5.91 Å². The molecule has 1 saturated carbocycles. The van der Waals surface area contributed by atoms with Crippen molar-refractivity contribution in [1.29, 1.82) is 0 Å². The van der Waals surface area contributed by atoms with Crippen LogP contribution >= 0.6 is 0 Å². The van der Waals surface area contributed by atoms with Crippen LogP contribution in [-0.4, -0.2) is 58.8 Å². The zero-order valence-corrected chi connectivity index (χ0v) is 22.5. The number of amides is 3. The van der Waals surface area contributed by atoms with Crippen molar-refractivity contribution in [3.8, 4) is 0 Å². The number of fused-ring (bicyclic) bond motifs is 1. The molecular formula is C29H39FN6O2. The summed E-state index contributed by atoms with van der Waals surface area (Å²) in [6, 6.07) is 12.3. The van der Waals surface area contributed by atoms with Crippen LogP contribution in [0.5, 0.6) is 0 Å². The number of aryl methyl sites for hydroxylation is 2. The lowest BCUT2D eigenvalue weighted by atomic mass is 9.81. The third kappa shape index (κ3) is 7.54. The highest BCUT2D eigenvalue weighted by Crippen LogP contribution is 2.27. The zero-order valence-electron chi connectivity index (χ0n) is 22.5. The van der Waals surface area contributed by atoms with E-state index in [0.717, 1.165) is 67.3 Å². The first-order valence-corrected chi connectivity index (χ1v) is 13.5. The molecule has 2 aromatic carbocycles. The summed E-state index contributed by atoms with van der Waals surface area (Å²) >= 11 is 0. The van der Waals surface area contributed by atoms with E-state index in [1.807, 2.05) is 44.3 Å². The number of hydrogen-bond donors (Lipinski definition) is 3. The topological polar surface area (TPSA) is 91.3 Å². The number of halogens is 1. The van der Waals surface area contributed by atoms with Crippen LogP contribution in [0.1, 0.15) is 44.6 Å². The largest absolute Gasteiger partial charge is 0.353 e. The third-order valence-electron chi connectivity index (χ3n) is 7.45. The van der Waals surface area contributed by atoms with Gasteiger partial charge in [-0.2, -0.15) is 5.10 Å². The molecule has 1 aliphatic carbocycles. The molecule has 0 radical (unpaired) electrons. The van der Waals surface area contributed by atoms with Gasteiger partial charge in [0.1, 0.15) is 5.82 Å². The Morgan fingerprint density at radius 3 is 2.68 bits per heavy atom. The molecule has 0 bridgehead atoms. The summed E-state index contributed by atoms with van der Waals surface area (Å²) in [6.45, 7) is 3.57. The summed E-state index contributed by atoms with van der Waals surface area (Å²) in [6.07, 6.45) is 6.56. The van der Waals surface area contributed by atoms with Crippen molar-refractivity contribution in [3.05, 3.63) is 60.0 Å². The fourth-order valence-corrected chi connectivity index (χ4v) is 5.39. The maximum atomic E-state index is 13.2. The molecule has 1 fully saturated rings. The van der Waals surface area contributed by atoms with Gasteiger partial charge in [0.15, 0.2) is 0 Å². The Hall–Kier alpha value is -3.46. The lowest BCUT2D eigenvalue weighted by Gasteiger charge is -2.38. The number of urea groups is 1. The number of aromatic nitrogens is 2. The smallest absolute Gasteiger partial charge is 0.319 e. The lowest BCUT2D eigenvalue weighted by molar-refractivity contribution is -0.121. The summed E-state index contributed by atoms with van der Waals surface area (Å²) in [7, 11) is 3.99. The molecule has 9 heteroatoms. The SMILES string of the molecule is CCC(=O)NC1CCC(NC(=O)Nc2ccc3c(cnn3C)c2)C(CN(C)CCCc2ccc(F)cc2)C1. The van der Waals surface area contributed by atoms with E-state index in [1.54, 1.807) is 10.9 Å². The van der Waals surface area contributed by atoms with Crippen LogP contribution in [0.3, 0.4) is 0 Å². The monoisotopic (exact) mass is 522 g/mol. The van der Waals surface area contributed by atoms with Crippen molar-refractivity contribution in [3.63, 3.8) is 0 Å². The van der Waals surface area contributed by atoms with Crippen LogP contribution in [0.15, 0.2) is 48.7 Å². The van der Waals surface area contributed by atoms with Crippen LogP contribution in [0.2, 0.25) is 0 Å². The minimum Gasteiger partial charge on any atom is -0.353 e. The number of carbonyl (C=O) groups is 2. The highest BCUT2D eigenvalue weighted by molar-refractivity contribution is 5.92. The molecule has 1 aliphatic rings. The molecular weight excluding hydrogens is 483 g/mol. The Balaban J connectivity index is 1.34. The fraction of sp³-hybridized carbons (Fsp3) is 0.483. The quantitative estimate of drug-likeness (QED) is 0.367. The second-order valence-corrected chi connectivity index (χ2v) is 10.4. The standard InChI is InChI=1S/C29H39FN6O2/c1-4-28(37)32-24-11-13-26(34-29(38)33-25-12-14-27-21(16-25)18-31-36(27)3)22(17-24)19-35(2)15-5-6-20-7-9-23(30)10-8-20/h7-10,12,14,16,18,22,24,26H,4-6,11,13,15,17,19H2,1-3H3,(H,32,37)(H2,33,34,38). The first-order valence-electron chi connectivity index (χ1n) is 13.5. The maximum Gasteiger partial charge on any atom is 0.319 e. The van der Waals surface area contributed by atoms with Gasteiger partial charge < -0.3 is 20.9 Å². The number of rotatable bonds is 10. The van der Waals surface area contributed by atoms with E-state index in [9.17, 15) is 14.0 Å². The number of nitrogens with one attached hydrogen (secondary N) is 3. The molecule has 1 heterocycles. The van der Waals surface area contributed by atoms with Crippen LogP contribution in [0.25, 0.3) is 10.9 Å². The van der Waals surface area contributed by atoms with E-state index in [4.69, 9.17) is 0 Å². The van der Waals surface area contributed by atoms with Gasteiger partial charge in [-0.25, -0.2) is 9.18 Å². The molecule has 3 N–H and O–H groups in total. The highest BCUT2D eigenvalue weighted by atomic mass is 19.1. The molecule has 0 saturated heterocycles. The molecule has 38 heavy (non-hydrogen) atoms. The molecule has 3 atom stereocenters. The van der Waals surface area contributed by atoms with E-state index in [2.05, 4.69) is 33.0 Å². The van der Waals surface area contributed by atoms with Gasteiger partial charge in [-0.15, -0.1) is 0 Å². The highest BCUT2D eigenvalue weighted by Gasteiger charge is 2.32. The number of anilines is 1. The Morgan fingerprint density at radius 2 is 1.92 bits per heavy atom. The molecule has 3 unspecified atom stereocenters. The summed E-state index contributed by atoms with van der Waals surface area (Å²) in [5.41, 5.74) is 2.85. The summed E-state index contributed by atoms with van der Waals surface area (Å²) in [5, 5.41) is 14.6. The van der Waals surface area contributed by atoms with Gasteiger partial charge in [0.05, 0.1) is 11.7 Å². The second-order valence-electron chi connectivity index (χ2n) is 10.4. The second kappa shape index (κ2) is 12.9. The Bertz CT molecular complexity index is 1230. The molecule has 3 aromatic rings. The maximum absolute atomic E-state index is 13.2. The number of carbonyl (C=O) groups excluding carboxylic acids is 2. The van der Waals surface area contributed by atoms with E-state index in [0.29, 0.717) is 6.42 Å². The van der Waals surface area contributed by atoms with Gasteiger partial charge in [0.25, 0.3) is 0 Å². The first-order chi connectivity index (χ1) is 18.3. The van der Waals surface area contributed by atoms with Crippen molar-refractivity contribution in [2.24, 2.45) is 13.0 Å². The minimum absolute atomic E-state index is 0.00597. The zero-order chi connectivity index (χ0) is 27.1. The third-order valence-corrected chi connectivity index (χ3v) is 7.45. The Kier molecular flexibility index (Phi) is 9.33. The van der Waals surface area contributed by atoms with Crippen molar-refractivity contribution in [2.45, 2.75) is 57.5 Å². The van der Waals surface area contributed by atoms with Gasteiger partial charge >= 0.3 is 6.03 Å². The van der Waals surface area contributed by atoms with Crippen molar-refractivity contribution >= 4 is 28.5 Å². The van der Waals surface area contributed by atoms with E-state index >= 15 is 0 Å². The normalized spacial score (nSPS) is 19.4. The van der Waals surface area contributed by atoms with E-state index in [-0.39, 0.29) is 35.8 Å². The molecule has 0 aliphatic heterocycles. The fourth-order valence-electron chi connectivity index (χ4n) is 5.39. The van der Waals surface area contributed by atoms with E-state index < -0.39 is 0 Å². The van der Waals surface area contributed by atoms with Crippen molar-refractivity contribution < 1.29 is 14.0 Å². The van der Waals surface area contributed by atoms with Gasteiger partial charge in [-0.3, -0.25) is 9.48 Å². The lowest BCUT2D eigenvalue weighted by Crippen LogP contribution is -2.52. The number of nitrogens with zero attached hydrogens (tertiary/aromatic N) is 3. The molecule has 0 spiro atoms. The molecule has 3 amide bonds. The number of benzene rings is 2. The average Bonchev–Trinajstić information content (AvgIpc) is 3.26. The Morgan fingerprint density at radius 1 is 1.13 bits per heavy atom. The molecule has 4 rings (SSSR count). The molecule has 1 aromatic heterocycles. The molecule has 8 nitrogen and oxygen atoms in total. The predicted molar refractivity (Wildman–Crippen MR) is 148 cm³/mol. The average molecular weight is 523 g/mol. The summed E-state index contributed by atoms with van der Waals surface area (Å²) < 4.78 is 15.0. The van der Waals surface area contributed by atoms with Crippen LogP contribution < -0.4 is 16.0 Å². The molecule has 204 valence electrons. The van der Waals surface area contributed by atoms with E-state index in [1.165, 1.54) is 12.1 Å². The Labute approximate surface area is 224 Å². The first kappa shape index (κ1) is 27.6. The van der Waals surface area contributed by atoms with Gasteiger partial charge in [-0.1, -0.05) is 19.1 Å². The van der Waals surface area contributed by atoms with Crippen molar-refractivity contribution in [2.75, 3.05) is 25.5 Å². The van der Waals surface area contributed by atoms with Gasteiger partial charge in [0, 0.05) is 43.2 Å². The summed E-state index contributed by atoms with van der Waals surface area (Å²) in [4.78, 5) is 27.3.